The topological polar surface area (TPSA) is 76.2 Å². The van der Waals surface area contributed by atoms with Crippen LogP contribution in [0.2, 0.25) is 0 Å². The summed E-state index contributed by atoms with van der Waals surface area (Å²) in [7, 11) is 1.56. The third-order valence-electron chi connectivity index (χ3n) is 8.47. The predicted octanol–water partition coefficient (Wildman–Crippen LogP) is 5.54. The second-order valence-corrected chi connectivity index (χ2v) is 10.7. The molecule has 3 aliphatic rings. The zero-order valence-corrected chi connectivity index (χ0v) is 22.9. The van der Waals surface area contributed by atoms with Gasteiger partial charge in [0.25, 0.3) is 0 Å². The molecule has 4 atom stereocenters. The van der Waals surface area contributed by atoms with Crippen LogP contribution in [0.25, 0.3) is 6.08 Å². The Morgan fingerprint density at radius 1 is 0.738 bits per heavy atom. The van der Waals surface area contributed by atoms with Crippen LogP contribution in [0.5, 0.6) is 5.75 Å². The van der Waals surface area contributed by atoms with Gasteiger partial charge in [-0.1, -0.05) is 84.9 Å². The Kier molecular flexibility index (Phi) is 6.35. The van der Waals surface area contributed by atoms with E-state index in [1.807, 2.05) is 102 Å². The van der Waals surface area contributed by atoms with E-state index in [-0.39, 0.29) is 5.91 Å². The molecule has 2 fully saturated rings. The molecule has 0 N–H and O–H groups in total. The number of fused-ring (bicyclic) bond motifs is 5. The van der Waals surface area contributed by atoms with Gasteiger partial charge < -0.3 is 14.4 Å². The van der Waals surface area contributed by atoms with Gasteiger partial charge in [0.2, 0.25) is 11.8 Å². The van der Waals surface area contributed by atoms with Crippen molar-refractivity contribution in [1.82, 2.24) is 4.90 Å². The fourth-order valence-electron chi connectivity index (χ4n) is 6.58. The molecule has 0 bridgehead atoms. The van der Waals surface area contributed by atoms with Crippen molar-refractivity contribution in [3.05, 3.63) is 138 Å². The lowest BCUT2D eigenvalue weighted by atomic mass is 9.84. The number of hydrogen-bond acceptors (Lipinski definition) is 6. The number of methoxy groups -OCH3 is 1. The zero-order chi connectivity index (χ0) is 28.8. The van der Waals surface area contributed by atoms with E-state index in [1.165, 1.54) is 4.90 Å². The van der Waals surface area contributed by atoms with E-state index in [4.69, 9.17) is 9.47 Å². The van der Waals surface area contributed by atoms with E-state index in [0.717, 1.165) is 22.3 Å². The Bertz CT molecular complexity index is 1650. The van der Waals surface area contributed by atoms with Gasteiger partial charge in [-0.15, -0.1) is 0 Å². The second-order valence-electron chi connectivity index (χ2n) is 10.7. The molecule has 42 heavy (non-hydrogen) atoms. The third kappa shape index (κ3) is 4.08. The number of carbonyl (C=O) groups excluding carboxylic acids is 3. The molecule has 3 heterocycles. The highest BCUT2D eigenvalue weighted by Gasteiger charge is 2.65. The van der Waals surface area contributed by atoms with Crippen LogP contribution >= 0.6 is 0 Å². The highest BCUT2D eigenvalue weighted by atomic mass is 16.5. The molecule has 7 rings (SSSR count). The standard InChI is InChI=1S/C35H28N2O5/c1-41-26-18-16-25(17-19-26)37-33(38)28-29(34(37)39)31(36-21-20-22-10-8-9-15-27(22)30(28)36)35(40)42-32(23-11-4-2-5-12-23)24-13-6-3-7-14-24/h2-21,28-32H,1H3/t28-,29+,30+,31-/m0/s1. The molecule has 3 aliphatic heterocycles. The van der Waals surface area contributed by atoms with Crippen LogP contribution in [0.1, 0.15) is 34.4 Å². The molecule has 208 valence electrons. The highest BCUT2D eigenvalue weighted by Crippen LogP contribution is 2.53. The number of amides is 2. The van der Waals surface area contributed by atoms with E-state index < -0.39 is 41.9 Å². The second kappa shape index (κ2) is 10.3. The van der Waals surface area contributed by atoms with Gasteiger partial charge in [0.1, 0.15) is 11.8 Å². The van der Waals surface area contributed by atoms with Crippen molar-refractivity contribution in [2.24, 2.45) is 11.8 Å². The number of carbonyl (C=O) groups is 3. The van der Waals surface area contributed by atoms with E-state index in [9.17, 15) is 14.4 Å². The minimum atomic E-state index is -0.987. The molecule has 7 heteroatoms. The summed E-state index contributed by atoms with van der Waals surface area (Å²) >= 11 is 0. The molecular formula is C35H28N2O5. The van der Waals surface area contributed by atoms with Crippen molar-refractivity contribution >= 4 is 29.5 Å². The number of nitrogens with zero attached hydrogens (tertiary/aromatic N) is 2. The van der Waals surface area contributed by atoms with Crippen LogP contribution in [-0.2, 0) is 19.1 Å². The van der Waals surface area contributed by atoms with Gasteiger partial charge in [-0.25, -0.2) is 9.69 Å². The summed E-state index contributed by atoms with van der Waals surface area (Å²) < 4.78 is 11.6. The average Bonchev–Trinajstić information content (AvgIpc) is 3.52. The van der Waals surface area contributed by atoms with Gasteiger partial charge in [-0.05, 0) is 52.6 Å². The van der Waals surface area contributed by atoms with Crippen molar-refractivity contribution in [3.63, 3.8) is 0 Å². The number of esters is 1. The lowest BCUT2D eigenvalue weighted by Crippen LogP contribution is -2.45. The van der Waals surface area contributed by atoms with Gasteiger partial charge in [0.05, 0.1) is 30.7 Å². The quantitative estimate of drug-likeness (QED) is 0.229. The van der Waals surface area contributed by atoms with Crippen molar-refractivity contribution < 1.29 is 23.9 Å². The van der Waals surface area contributed by atoms with Crippen LogP contribution in [0.4, 0.5) is 5.69 Å². The SMILES string of the molecule is COc1ccc(N2C(=O)[C@@H]3[C@H](C2=O)[C@H]2c4ccccc4C=CN2[C@@H]3C(=O)OC(c2ccccc2)c2ccccc2)cc1. The van der Waals surface area contributed by atoms with Crippen LogP contribution in [-0.4, -0.2) is 35.8 Å². The van der Waals surface area contributed by atoms with E-state index >= 15 is 0 Å². The Labute approximate surface area is 243 Å². The molecule has 2 saturated heterocycles. The van der Waals surface area contributed by atoms with Crippen molar-refractivity contribution in [3.8, 4) is 5.75 Å². The molecule has 4 aromatic carbocycles. The number of ether oxygens (including phenoxy) is 2. The molecule has 0 aromatic heterocycles. The summed E-state index contributed by atoms with van der Waals surface area (Å²) in [6, 6.07) is 32.2. The molecule has 0 radical (unpaired) electrons. The first-order valence-electron chi connectivity index (χ1n) is 13.9. The maximum absolute atomic E-state index is 14.3. The lowest BCUT2D eigenvalue weighted by molar-refractivity contribution is -0.155. The highest BCUT2D eigenvalue weighted by molar-refractivity contribution is 6.24. The van der Waals surface area contributed by atoms with Gasteiger partial charge in [-0.3, -0.25) is 9.59 Å². The predicted molar refractivity (Wildman–Crippen MR) is 157 cm³/mol. The molecule has 0 unspecified atom stereocenters. The van der Waals surface area contributed by atoms with Gasteiger partial charge >= 0.3 is 5.97 Å². The van der Waals surface area contributed by atoms with Crippen molar-refractivity contribution in [2.45, 2.75) is 18.2 Å². The first-order chi connectivity index (χ1) is 20.6. The Morgan fingerprint density at radius 3 is 1.98 bits per heavy atom. The average molecular weight is 557 g/mol. The zero-order valence-electron chi connectivity index (χ0n) is 22.9. The first kappa shape index (κ1) is 25.8. The fraction of sp³-hybridized carbons (Fsp3) is 0.171. The van der Waals surface area contributed by atoms with Crippen LogP contribution in [0.3, 0.4) is 0 Å². The number of anilines is 1. The number of rotatable bonds is 6. The maximum Gasteiger partial charge on any atom is 0.330 e. The van der Waals surface area contributed by atoms with E-state index in [2.05, 4.69) is 0 Å². The van der Waals surface area contributed by atoms with Crippen molar-refractivity contribution in [2.75, 3.05) is 12.0 Å². The summed E-state index contributed by atoms with van der Waals surface area (Å²) in [5, 5.41) is 0. The summed E-state index contributed by atoms with van der Waals surface area (Å²) in [5.41, 5.74) is 3.95. The summed E-state index contributed by atoms with van der Waals surface area (Å²) in [4.78, 5) is 45.7. The molecule has 4 aromatic rings. The van der Waals surface area contributed by atoms with Gasteiger partial charge in [-0.2, -0.15) is 0 Å². The Morgan fingerprint density at radius 2 is 1.33 bits per heavy atom. The molecule has 0 aliphatic carbocycles. The van der Waals surface area contributed by atoms with E-state index in [1.54, 1.807) is 31.4 Å². The number of benzene rings is 4. The molecule has 7 nitrogen and oxygen atoms in total. The first-order valence-corrected chi connectivity index (χ1v) is 13.9. The van der Waals surface area contributed by atoms with Crippen LogP contribution in [0, 0.1) is 11.8 Å². The smallest absolute Gasteiger partial charge is 0.330 e. The fourth-order valence-corrected chi connectivity index (χ4v) is 6.58. The number of imide groups is 1. The lowest BCUT2D eigenvalue weighted by Gasteiger charge is -2.35. The molecular weight excluding hydrogens is 528 g/mol. The summed E-state index contributed by atoms with van der Waals surface area (Å²) in [5.74, 6) is -2.34. The van der Waals surface area contributed by atoms with Crippen LogP contribution in [0.15, 0.2) is 115 Å². The third-order valence-corrected chi connectivity index (χ3v) is 8.47. The van der Waals surface area contributed by atoms with Crippen molar-refractivity contribution in [1.29, 1.82) is 0 Å². The Hall–Kier alpha value is -5.17. The molecule has 2 amide bonds. The largest absolute Gasteiger partial charge is 0.497 e. The minimum Gasteiger partial charge on any atom is -0.497 e. The minimum absolute atomic E-state index is 0.326. The Balaban J connectivity index is 1.30. The summed E-state index contributed by atoms with van der Waals surface area (Å²) in [6.07, 6.45) is 3.08. The van der Waals surface area contributed by atoms with Gasteiger partial charge in [0.15, 0.2) is 6.10 Å². The monoisotopic (exact) mass is 556 g/mol. The maximum atomic E-state index is 14.3. The van der Waals surface area contributed by atoms with Gasteiger partial charge in [0, 0.05) is 6.20 Å². The normalized spacial score (nSPS) is 22.1. The molecule has 0 saturated carbocycles. The number of hydrogen-bond donors (Lipinski definition) is 0. The van der Waals surface area contributed by atoms with E-state index in [0.29, 0.717) is 11.4 Å². The summed E-state index contributed by atoms with van der Waals surface area (Å²) in [6.45, 7) is 0. The van der Waals surface area contributed by atoms with Crippen LogP contribution < -0.4 is 9.64 Å². The molecule has 0 spiro atoms.